The van der Waals surface area contributed by atoms with Gasteiger partial charge in [0.2, 0.25) is 0 Å². The standard InChI is InChI=1S/C28H24N2O4/c1-30(2)21-5-7-22(8-6-21)33-14-15-34-23-9-10-24-25(16-23)28(31)27(19-4-3-12-29-17-19)26(24)20-11-13-32-18-20/h3-13,16-18H,14-15H2,1-2H3. The van der Waals surface area contributed by atoms with Gasteiger partial charge in [-0.3, -0.25) is 9.78 Å². The monoisotopic (exact) mass is 452 g/mol. The smallest absolute Gasteiger partial charge is 0.195 e. The second-order valence-corrected chi connectivity index (χ2v) is 8.13. The minimum Gasteiger partial charge on any atom is -0.490 e. The summed E-state index contributed by atoms with van der Waals surface area (Å²) in [5.74, 6) is 1.35. The van der Waals surface area contributed by atoms with Crippen LogP contribution in [0.4, 0.5) is 5.69 Å². The Kier molecular flexibility index (Phi) is 5.87. The van der Waals surface area contributed by atoms with E-state index in [1.54, 1.807) is 31.0 Å². The van der Waals surface area contributed by atoms with Gasteiger partial charge in [0, 0.05) is 60.0 Å². The quantitative estimate of drug-likeness (QED) is 0.336. The van der Waals surface area contributed by atoms with Gasteiger partial charge in [-0.05, 0) is 60.2 Å². The van der Waals surface area contributed by atoms with E-state index in [-0.39, 0.29) is 5.78 Å². The van der Waals surface area contributed by atoms with Crippen molar-refractivity contribution in [3.8, 4) is 11.5 Å². The highest BCUT2D eigenvalue weighted by Gasteiger charge is 2.32. The Bertz CT molecular complexity index is 1320. The molecule has 2 aromatic heterocycles. The zero-order valence-corrected chi connectivity index (χ0v) is 19.0. The predicted molar refractivity (Wildman–Crippen MR) is 131 cm³/mol. The number of ketones is 1. The summed E-state index contributed by atoms with van der Waals surface area (Å²) in [5, 5.41) is 0. The molecule has 2 aromatic carbocycles. The third-order valence-corrected chi connectivity index (χ3v) is 5.72. The molecule has 34 heavy (non-hydrogen) atoms. The molecule has 4 aromatic rings. The molecule has 0 amide bonds. The fraction of sp³-hybridized carbons (Fsp3) is 0.143. The lowest BCUT2D eigenvalue weighted by Crippen LogP contribution is -2.10. The number of hydrogen-bond acceptors (Lipinski definition) is 6. The Hall–Kier alpha value is -4.32. The number of fused-ring (bicyclic) bond motifs is 1. The molecule has 5 rings (SSSR count). The molecule has 0 saturated carbocycles. The number of pyridine rings is 1. The van der Waals surface area contributed by atoms with E-state index >= 15 is 0 Å². The summed E-state index contributed by atoms with van der Waals surface area (Å²) >= 11 is 0. The Labute approximate surface area is 198 Å². The minimum atomic E-state index is -0.0538. The fourth-order valence-corrected chi connectivity index (χ4v) is 4.05. The first-order valence-electron chi connectivity index (χ1n) is 11.0. The summed E-state index contributed by atoms with van der Waals surface area (Å²) in [6.45, 7) is 0.756. The number of hydrogen-bond donors (Lipinski definition) is 0. The summed E-state index contributed by atoms with van der Waals surface area (Å²) in [7, 11) is 4.00. The van der Waals surface area contributed by atoms with E-state index < -0.39 is 0 Å². The highest BCUT2D eigenvalue weighted by atomic mass is 16.5. The molecule has 6 heteroatoms. The van der Waals surface area contributed by atoms with Gasteiger partial charge in [-0.15, -0.1) is 0 Å². The van der Waals surface area contributed by atoms with Crippen molar-refractivity contribution >= 4 is 22.6 Å². The predicted octanol–water partition coefficient (Wildman–Crippen LogP) is 5.35. The van der Waals surface area contributed by atoms with E-state index in [0.717, 1.165) is 33.7 Å². The van der Waals surface area contributed by atoms with E-state index in [0.29, 0.717) is 30.1 Å². The van der Waals surface area contributed by atoms with Gasteiger partial charge in [0.1, 0.15) is 24.7 Å². The van der Waals surface area contributed by atoms with Crippen LogP contribution in [0.15, 0.2) is 90.0 Å². The van der Waals surface area contributed by atoms with Gasteiger partial charge in [0.15, 0.2) is 5.78 Å². The Balaban J connectivity index is 1.31. The number of furan rings is 1. The number of nitrogens with zero attached hydrogens (tertiary/aromatic N) is 2. The third-order valence-electron chi connectivity index (χ3n) is 5.72. The maximum atomic E-state index is 13.4. The first-order valence-corrected chi connectivity index (χ1v) is 11.0. The number of carbonyl (C=O) groups is 1. The molecule has 0 spiro atoms. The van der Waals surface area contributed by atoms with Crippen LogP contribution in [0.3, 0.4) is 0 Å². The normalized spacial score (nSPS) is 12.6. The topological polar surface area (TPSA) is 64.8 Å². The van der Waals surface area contributed by atoms with E-state index in [2.05, 4.69) is 4.98 Å². The molecule has 1 aliphatic rings. The summed E-state index contributed by atoms with van der Waals surface area (Å²) in [6, 6.07) is 19.1. The van der Waals surface area contributed by atoms with E-state index in [4.69, 9.17) is 13.9 Å². The molecule has 0 bridgehead atoms. The van der Waals surface area contributed by atoms with Crippen molar-refractivity contribution in [2.75, 3.05) is 32.2 Å². The molecule has 0 unspecified atom stereocenters. The Morgan fingerprint density at radius 3 is 2.29 bits per heavy atom. The van der Waals surface area contributed by atoms with Gasteiger partial charge in [0.25, 0.3) is 0 Å². The van der Waals surface area contributed by atoms with Crippen LogP contribution in [0.2, 0.25) is 0 Å². The molecule has 1 aliphatic carbocycles. The first-order chi connectivity index (χ1) is 16.6. The van der Waals surface area contributed by atoms with Gasteiger partial charge < -0.3 is 18.8 Å². The fourth-order valence-electron chi connectivity index (χ4n) is 4.05. The third kappa shape index (κ3) is 4.18. The number of rotatable bonds is 8. The van der Waals surface area contributed by atoms with E-state index in [9.17, 15) is 4.79 Å². The van der Waals surface area contributed by atoms with Gasteiger partial charge >= 0.3 is 0 Å². The van der Waals surface area contributed by atoms with Crippen molar-refractivity contribution in [3.05, 3.63) is 108 Å². The summed E-state index contributed by atoms with van der Waals surface area (Å²) in [5.41, 5.74) is 5.66. The van der Waals surface area contributed by atoms with Crippen LogP contribution in [0.1, 0.15) is 27.0 Å². The lowest BCUT2D eigenvalue weighted by atomic mass is 9.97. The van der Waals surface area contributed by atoms with Crippen molar-refractivity contribution in [3.63, 3.8) is 0 Å². The number of benzene rings is 2. The maximum absolute atomic E-state index is 13.4. The molecule has 0 aliphatic heterocycles. The number of aromatic nitrogens is 1. The van der Waals surface area contributed by atoms with Crippen LogP contribution < -0.4 is 14.4 Å². The molecule has 0 saturated heterocycles. The SMILES string of the molecule is CN(C)c1ccc(OCCOc2ccc3c(c2)C(=O)C(c2cccnc2)=C3c2ccoc2)cc1. The number of allylic oxidation sites excluding steroid dienone is 1. The number of anilines is 1. The molecule has 6 nitrogen and oxygen atoms in total. The zero-order valence-electron chi connectivity index (χ0n) is 19.0. The second kappa shape index (κ2) is 9.27. The van der Waals surface area contributed by atoms with Crippen molar-refractivity contribution in [1.82, 2.24) is 4.98 Å². The average Bonchev–Trinajstić information content (AvgIpc) is 3.49. The van der Waals surface area contributed by atoms with Crippen LogP contribution in [-0.4, -0.2) is 38.1 Å². The minimum absolute atomic E-state index is 0.0538. The highest BCUT2D eigenvalue weighted by Crippen LogP contribution is 2.43. The lowest BCUT2D eigenvalue weighted by Gasteiger charge is -2.13. The van der Waals surface area contributed by atoms with Crippen LogP contribution in [0.25, 0.3) is 11.1 Å². The van der Waals surface area contributed by atoms with Gasteiger partial charge in [0.05, 0.1) is 12.5 Å². The van der Waals surface area contributed by atoms with Crippen molar-refractivity contribution < 1.29 is 18.7 Å². The molecule has 0 fully saturated rings. The highest BCUT2D eigenvalue weighted by molar-refractivity contribution is 6.41. The summed E-state index contributed by atoms with van der Waals surface area (Å²) < 4.78 is 17.0. The van der Waals surface area contributed by atoms with E-state index in [1.165, 1.54) is 0 Å². The van der Waals surface area contributed by atoms with Crippen molar-refractivity contribution in [1.29, 1.82) is 0 Å². The van der Waals surface area contributed by atoms with E-state index in [1.807, 2.05) is 73.6 Å². The zero-order chi connectivity index (χ0) is 23.5. The summed E-state index contributed by atoms with van der Waals surface area (Å²) in [6.07, 6.45) is 6.66. The van der Waals surface area contributed by atoms with Crippen LogP contribution in [0, 0.1) is 0 Å². The lowest BCUT2D eigenvalue weighted by molar-refractivity contribution is 0.105. The molecule has 0 atom stereocenters. The second-order valence-electron chi connectivity index (χ2n) is 8.13. The largest absolute Gasteiger partial charge is 0.490 e. The van der Waals surface area contributed by atoms with Crippen LogP contribution in [-0.2, 0) is 0 Å². The Morgan fingerprint density at radius 1 is 0.853 bits per heavy atom. The molecular formula is C28H24N2O4. The molecule has 2 heterocycles. The molecular weight excluding hydrogens is 428 g/mol. The average molecular weight is 453 g/mol. The maximum Gasteiger partial charge on any atom is 0.195 e. The molecule has 0 N–H and O–H groups in total. The number of Topliss-reactive ketones (excluding diaryl/α,β-unsaturated/α-hetero) is 1. The van der Waals surface area contributed by atoms with Gasteiger partial charge in [-0.1, -0.05) is 6.07 Å². The van der Waals surface area contributed by atoms with Gasteiger partial charge in [-0.2, -0.15) is 0 Å². The summed E-state index contributed by atoms with van der Waals surface area (Å²) in [4.78, 5) is 19.7. The first kappa shape index (κ1) is 21.5. The van der Waals surface area contributed by atoms with Crippen LogP contribution in [0.5, 0.6) is 11.5 Å². The Morgan fingerprint density at radius 2 is 1.62 bits per heavy atom. The van der Waals surface area contributed by atoms with Crippen molar-refractivity contribution in [2.24, 2.45) is 0 Å². The van der Waals surface area contributed by atoms with Crippen LogP contribution >= 0.6 is 0 Å². The number of ether oxygens (including phenoxy) is 2. The molecule has 170 valence electrons. The van der Waals surface area contributed by atoms with Crippen molar-refractivity contribution in [2.45, 2.75) is 0 Å². The number of carbonyl (C=O) groups excluding carboxylic acids is 1. The molecule has 0 radical (unpaired) electrons. The van der Waals surface area contributed by atoms with Gasteiger partial charge in [-0.25, -0.2) is 0 Å².